The number of pyridine rings is 1. The van der Waals surface area contributed by atoms with Crippen LogP contribution < -0.4 is 5.73 Å². The van der Waals surface area contributed by atoms with Crippen molar-refractivity contribution >= 4 is 27.5 Å². The normalized spacial score (nSPS) is 12.5. The Hall–Kier alpha value is -1.04. The molecule has 0 spiro atoms. The van der Waals surface area contributed by atoms with E-state index in [1.54, 1.807) is 12.1 Å². The molecule has 1 aromatic heterocycles. The minimum Gasteiger partial charge on any atom is -0.322 e. The molecule has 0 radical (unpaired) electrons. The highest BCUT2D eigenvalue weighted by Crippen LogP contribution is 2.27. The molecule has 1 atom stereocenters. The quantitative estimate of drug-likeness (QED) is 0.852. The zero-order valence-corrected chi connectivity index (χ0v) is 12.0. The van der Waals surface area contributed by atoms with Crippen LogP contribution in [-0.4, -0.2) is 4.98 Å². The van der Waals surface area contributed by atoms with Crippen LogP contribution in [0, 0.1) is 11.6 Å². The first-order valence-electron chi connectivity index (χ1n) is 5.49. The van der Waals surface area contributed by atoms with Gasteiger partial charge in [0, 0.05) is 11.8 Å². The molecule has 0 aliphatic heterocycles. The van der Waals surface area contributed by atoms with E-state index < -0.39 is 17.7 Å². The third kappa shape index (κ3) is 3.11. The fourth-order valence-corrected chi connectivity index (χ4v) is 2.38. The summed E-state index contributed by atoms with van der Waals surface area (Å²) in [5.74, 6) is -1.29. The summed E-state index contributed by atoms with van der Waals surface area (Å²) in [5, 5.41) is 0.380. The summed E-state index contributed by atoms with van der Waals surface area (Å²) in [4.78, 5) is 4.04. The Morgan fingerprint density at radius 1 is 1.32 bits per heavy atom. The summed E-state index contributed by atoms with van der Waals surface area (Å²) in [6.07, 6.45) is 1.52. The zero-order chi connectivity index (χ0) is 14.0. The largest absolute Gasteiger partial charge is 0.322 e. The summed E-state index contributed by atoms with van der Waals surface area (Å²) in [5.41, 5.74) is 6.26. The summed E-state index contributed by atoms with van der Waals surface area (Å²) in [7, 11) is 0. The predicted molar refractivity (Wildman–Crippen MR) is 73.9 cm³/mol. The average molecular weight is 348 g/mol. The van der Waals surface area contributed by atoms with Crippen LogP contribution in [0.4, 0.5) is 8.78 Å². The van der Waals surface area contributed by atoms with Crippen LogP contribution in [0.5, 0.6) is 0 Å². The second kappa shape index (κ2) is 5.94. The first kappa shape index (κ1) is 14.4. The van der Waals surface area contributed by atoms with Crippen molar-refractivity contribution in [1.82, 2.24) is 4.98 Å². The van der Waals surface area contributed by atoms with Crippen molar-refractivity contribution in [2.45, 2.75) is 12.5 Å². The van der Waals surface area contributed by atoms with Gasteiger partial charge in [0.1, 0.15) is 11.6 Å². The van der Waals surface area contributed by atoms with E-state index in [-0.39, 0.29) is 16.5 Å². The van der Waals surface area contributed by atoms with E-state index in [9.17, 15) is 8.78 Å². The van der Waals surface area contributed by atoms with E-state index in [4.69, 9.17) is 17.3 Å². The molecule has 1 heterocycles. The Bertz CT molecular complexity index is 607. The van der Waals surface area contributed by atoms with Gasteiger partial charge >= 0.3 is 0 Å². The molecule has 0 amide bonds. The monoisotopic (exact) mass is 346 g/mol. The van der Waals surface area contributed by atoms with E-state index >= 15 is 0 Å². The summed E-state index contributed by atoms with van der Waals surface area (Å²) in [6.45, 7) is 0. The van der Waals surface area contributed by atoms with Crippen LogP contribution in [0.15, 0.2) is 34.9 Å². The Labute approximate surface area is 122 Å². The molecular formula is C13H10BrClF2N2. The first-order valence-corrected chi connectivity index (χ1v) is 6.66. The van der Waals surface area contributed by atoms with Crippen LogP contribution in [-0.2, 0) is 6.42 Å². The lowest BCUT2D eigenvalue weighted by Crippen LogP contribution is -2.17. The van der Waals surface area contributed by atoms with E-state index in [0.717, 1.165) is 0 Å². The standard InChI is InChI=1S/C13H10BrClF2N2/c14-8-3-4-10(16)7(12(8)17)6-11(18)13-9(15)2-1-5-19-13/h1-5,11H,6,18H2. The maximum atomic E-state index is 13.8. The molecule has 100 valence electrons. The lowest BCUT2D eigenvalue weighted by atomic mass is 10.0. The van der Waals surface area contributed by atoms with Crippen molar-refractivity contribution in [2.75, 3.05) is 0 Å². The van der Waals surface area contributed by atoms with Crippen molar-refractivity contribution in [3.8, 4) is 0 Å². The third-order valence-corrected chi connectivity index (χ3v) is 3.63. The van der Waals surface area contributed by atoms with Gasteiger partial charge in [-0.3, -0.25) is 4.98 Å². The number of hydrogen-bond donors (Lipinski definition) is 1. The summed E-state index contributed by atoms with van der Waals surface area (Å²) >= 11 is 8.97. The minimum atomic E-state index is -0.674. The molecule has 19 heavy (non-hydrogen) atoms. The number of hydrogen-bond acceptors (Lipinski definition) is 2. The molecule has 0 aliphatic carbocycles. The lowest BCUT2D eigenvalue weighted by molar-refractivity contribution is 0.534. The van der Waals surface area contributed by atoms with E-state index in [2.05, 4.69) is 20.9 Å². The maximum absolute atomic E-state index is 13.8. The molecule has 1 unspecified atom stereocenters. The Kier molecular flexibility index (Phi) is 4.50. The molecule has 0 saturated heterocycles. The average Bonchev–Trinajstić information content (AvgIpc) is 2.39. The molecule has 2 N–H and O–H groups in total. The molecule has 2 rings (SSSR count). The van der Waals surface area contributed by atoms with Crippen LogP contribution in [0.3, 0.4) is 0 Å². The van der Waals surface area contributed by atoms with Gasteiger partial charge in [0.25, 0.3) is 0 Å². The maximum Gasteiger partial charge on any atom is 0.143 e. The van der Waals surface area contributed by atoms with Gasteiger partial charge in [-0.05, 0) is 46.6 Å². The van der Waals surface area contributed by atoms with Gasteiger partial charge in [-0.25, -0.2) is 8.78 Å². The Morgan fingerprint density at radius 2 is 2.05 bits per heavy atom. The number of halogens is 4. The van der Waals surface area contributed by atoms with Crippen LogP contribution in [0.25, 0.3) is 0 Å². The zero-order valence-electron chi connectivity index (χ0n) is 9.71. The minimum absolute atomic E-state index is 0.0200. The Morgan fingerprint density at radius 3 is 2.74 bits per heavy atom. The van der Waals surface area contributed by atoms with Crippen molar-refractivity contribution in [2.24, 2.45) is 5.73 Å². The van der Waals surface area contributed by atoms with Gasteiger partial charge < -0.3 is 5.73 Å². The van der Waals surface area contributed by atoms with Crippen LogP contribution in [0.1, 0.15) is 17.3 Å². The lowest BCUT2D eigenvalue weighted by Gasteiger charge is -2.14. The third-order valence-electron chi connectivity index (χ3n) is 2.70. The van der Waals surface area contributed by atoms with Crippen LogP contribution in [0.2, 0.25) is 5.02 Å². The van der Waals surface area contributed by atoms with Gasteiger partial charge in [0.2, 0.25) is 0 Å². The summed E-state index contributed by atoms with van der Waals surface area (Å²) in [6, 6.07) is 5.13. The van der Waals surface area contributed by atoms with Crippen molar-refractivity contribution in [1.29, 1.82) is 0 Å². The van der Waals surface area contributed by atoms with Gasteiger partial charge in [-0.15, -0.1) is 0 Å². The highest BCUT2D eigenvalue weighted by molar-refractivity contribution is 9.10. The highest BCUT2D eigenvalue weighted by atomic mass is 79.9. The molecule has 0 saturated carbocycles. The molecule has 6 heteroatoms. The van der Waals surface area contributed by atoms with Gasteiger partial charge in [0.05, 0.1) is 21.2 Å². The fourth-order valence-electron chi connectivity index (χ4n) is 1.74. The van der Waals surface area contributed by atoms with Gasteiger partial charge in [-0.2, -0.15) is 0 Å². The second-order valence-corrected chi connectivity index (χ2v) is 5.26. The second-order valence-electron chi connectivity index (χ2n) is 4.00. The Balaban J connectivity index is 2.32. The van der Waals surface area contributed by atoms with Gasteiger partial charge in [0.15, 0.2) is 0 Å². The molecule has 1 aromatic carbocycles. The van der Waals surface area contributed by atoms with Crippen LogP contribution >= 0.6 is 27.5 Å². The number of nitrogens with two attached hydrogens (primary N) is 1. The molecular weight excluding hydrogens is 338 g/mol. The summed E-state index contributed by atoms with van der Waals surface area (Å²) < 4.78 is 27.7. The predicted octanol–water partition coefficient (Wildman–Crippen LogP) is 4.02. The van der Waals surface area contributed by atoms with Crippen molar-refractivity contribution in [3.05, 3.63) is 62.8 Å². The SMILES string of the molecule is NC(Cc1c(F)ccc(Br)c1F)c1ncccc1Cl. The van der Waals surface area contributed by atoms with E-state index in [1.165, 1.54) is 18.3 Å². The van der Waals surface area contributed by atoms with Crippen molar-refractivity contribution in [3.63, 3.8) is 0 Å². The topological polar surface area (TPSA) is 38.9 Å². The number of rotatable bonds is 3. The number of aromatic nitrogens is 1. The number of benzene rings is 1. The molecule has 2 aromatic rings. The number of nitrogens with zero attached hydrogens (tertiary/aromatic N) is 1. The van der Waals surface area contributed by atoms with E-state index in [0.29, 0.717) is 10.7 Å². The molecule has 2 nitrogen and oxygen atoms in total. The molecule has 0 aliphatic rings. The fraction of sp³-hybridized carbons (Fsp3) is 0.154. The molecule has 0 bridgehead atoms. The van der Waals surface area contributed by atoms with E-state index in [1.807, 2.05) is 0 Å². The van der Waals surface area contributed by atoms with Crippen molar-refractivity contribution < 1.29 is 8.78 Å². The van der Waals surface area contributed by atoms with Gasteiger partial charge in [-0.1, -0.05) is 11.6 Å². The highest BCUT2D eigenvalue weighted by Gasteiger charge is 2.18. The smallest absolute Gasteiger partial charge is 0.143 e. The molecule has 0 fully saturated rings. The first-order chi connectivity index (χ1) is 9.00.